The van der Waals surface area contributed by atoms with Crippen LogP contribution in [0.1, 0.15) is 33.6 Å². The molecule has 0 radical (unpaired) electrons. The Morgan fingerprint density at radius 1 is 1.23 bits per heavy atom. The van der Waals surface area contributed by atoms with Crippen molar-refractivity contribution in [1.82, 2.24) is 0 Å². The number of hydrogen-bond acceptors (Lipinski definition) is 9. The Hall–Kier alpha value is -2.82. The molecule has 0 aromatic heterocycles. The maximum absolute atomic E-state index is 11.6. The molecule has 4 unspecified atom stereocenters. The third-order valence-electron chi connectivity index (χ3n) is 4.40. The molecule has 0 spiro atoms. The van der Waals surface area contributed by atoms with Crippen LogP contribution in [0, 0.1) is 0 Å². The molecule has 0 saturated heterocycles. The smallest absolute Gasteiger partial charge is 0.462 e. The van der Waals surface area contributed by atoms with Crippen molar-refractivity contribution >= 4 is 25.7 Å². The molecule has 0 aliphatic carbocycles. The number of allylic oxidation sites excluding steroid dienone is 4. The molecule has 12 heteroatoms. The van der Waals surface area contributed by atoms with Gasteiger partial charge in [0.1, 0.15) is 30.5 Å². The lowest BCUT2D eigenvalue weighted by atomic mass is 9.93. The number of rotatable bonds is 13. The van der Waals surface area contributed by atoms with Crippen molar-refractivity contribution in [3.63, 3.8) is 0 Å². The van der Waals surface area contributed by atoms with Gasteiger partial charge in [-0.2, -0.15) is 0 Å². The van der Waals surface area contributed by atoms with Crippen LogP contribution in [0.4, 0.5) is 0 Å². The number of esters is 3. The summed E-state index contributed by atoms with van der Waals surface area (Å²) < 4.78 is 31.4. The Bertz CT molecular complexity index is 924. The van der Waals surface area contributed by atoms with Gasteiger partial charge in [0, 0.05) is 32.8 Å². The first-order valence-electron chi connectivity index (χ1n) is 10.6. The maximum atomic E-state index is 11.6. The minimum absolute atomic E-state index is 0.111. The fourth-order valence-electron chi connectivity index (χ4n) is 2.82. The topological polar surface area (TPSA) is 166 Å². The predicted molar refractivity (Wildman–Crippen MR) is 125 cm³/mol. The Morgan fingerprint density at radius 2 is 1.91 bits per heavy atom. The Kier molecular flexibility index (Phi) is 12.6. The normalized spacial score (nSPS) is 20.3. The van der Waals surface area contributed by atoms with Crippen LogP contribution in [0.3, 0.4) is 0 Å². The number of aliphatic hydroxyl groups is 1. The van der Waals surface area contributed by atoms with Gasteiger partial charge in [-0.3, -0.25) is 14.1 Å². The fraction of sp³-hybridized carbons (Fsp3) is 0.435. The summed E-state index contributed by atoms with van der Waals surface area (Å²) in [6.07, 6.45) is 11.7. The van der Waals surface area contributed by atoms with E-state index in [2.05, 4.69) is 0 Å². The van der Waals surface area contributed by atoms with Crippen molar-refractivity contribution in [2.24, 2.45) is 0 Å². The molecule has 1 aliphatic heterocycles. The number of phosphoric acid groups is 1. The molecule has 3 N–H and O–H groups in total. The molecule has 0 fully saturated rings. The second-order valence-electron chi connectivity index (χ2n) is 7.67. The molecule has 0 amide bonds. The van der Waals surface area contributed by atoms with Crippen molar-refractivity contribution in [2.75, 3.05) is 6.61 Å². The fourth-order valence-corrected chi connectivity index (χ4v) is 3.45. The molecule has 4 atom stereocenters. The van der Waals surface area contributed by atoms with Crippen LogP contribution in [0.5, 0.6) is 0 Å². The van der Waals surface area contributed by atoms with Gasteiger partial charge in [-0.05, 0) is 25.2 Å². The lowest BCUT2D eigenvalue weighted by molar-refractivity contribution is -0.146. The molecule has 0 bridgehead atoms. The van der Waals surface area contributed by atoms with E-state index >= 15 is 0 Å². The highest BCUT2D eigenvalue weighted by Crippen LogP contribution is 2.41. The van der Waals surface area contributed by atoms with Crippen LogP contribution in [0.25, 0.3) is 0 Å². The zero-order chi connectivity index (χ0) is 26.5. The molecule has 1 aliphatic rings. The average Bonchev–Trinajstić information content (AvgIpc) is 2.72. The number of cyclic esters (lactones) is 1. The molecule has 1 rings (SSSR count). The van der Waals surface area contributed by atoms with Crippen LogP contribution in [-0.4, -0.2) is 63.3 Å². The Morgan fingerprint density at radius 3 is 2.51 bits per heavy atom. The first-order chi connectivity index (χ1) is 16.3. The van der Waals surface area contributed by atoms with Gasteiger partial charge >= 0.3 is 25.7 Å². The van der Waals surface area contributed by atoms with Crippen molar-refractivity contribution in [1.29, 1.82) is 0 Å². The molecular formula is C23H31O11P. The zero-order valence-corrected chi connectivity index (χ0v) is 20.6. The van der Waals surface area contributed by atoms with Crippen molar-refractivity contribution in [2.45, 2.75) is 57.5 Å². The molecule has 0 saturated carbocycles. The highest BCUT2D eigenvalue weighted by atomic mass is 31.2. The van der Waals surface area contributed by atoms with Gasteiger partial charge in [-0.1, -0.05) is 36.5 Å². The number of ether oxygens (including phenoxy) is 3. The van der Waals surface area contributed by atoms with E-state index in [1.54, 1.807) is 30.4 Å². The molecule has 35 heavy (non-hydrogen) atoms. The quantitative estimate of drug-likeness (QED) is 0.108. The van der Waals surface area contributed by atoms with Gasteiger partial charge in [0.2, 0.25) is 0 Å². The van der Waals surface area contributed by atoms with Gasteiger partial charge < -0.3 is 29.1 Å². The van der Waals surface area contributed by atoms with Gasteiger partial charge in [0.15, 0.2) is 0 Å². The van der Waals surface area contributed by atoms with Gasteiger partial charge in [-0.15, -0.1) is 0 Å². The minimum atomic E-state index is -5.04. The Labute approximate surface area is 203 Å². The lowest BCUT2D eigenvalue weighted by Gasteiger charge is -2.32. The number of carbonyl (C=O) groups excluding carboxylic acids is 3. The third kappa shape index (κ3) is 14.2. The summed E-state index contributed by atoms with van der Waals surface area (Å²) in [7, 11) is -5.04. The molecule has 1 heterocycles. The summed E-state index contributed by atoms with van der Waals surface area (Å²) >= 11 is 0. The van der Waals surface area contributed by atoms with Crippen LogP contribution in [0.2, 0.25) is 0 Å². The van der Waals surface area contributed by atoms with E-state index in [9.17, 15) is 33.8 Å². The highest BCUT2D eigenvalue weighted by Gasteiger charge is 2.38. The monoisotopic (exact) mass is 514 g/mol. The first-order valence-corrected chi connectivity index (χ1v) is 12.1. The predicted octanol–water partition coefficient (Wildman–Crippen LogP) is 2.20. The summed E-state index contributed by atoms with van der Waals surface area (Å²) in [5.41, 5.74) is -1.93. The van der Waals surface area contributed by atoms with E-state index in [-0.39, 0.29) is 13.0 Å². The molecule has 11 nitrogen and oxygen atoms in total. The van der Waals surface area contributed by atoms with Crippen molar-refractivity contribution in [3.05, 3.63) is 60.8 Å². The zero-order valence-electron chi connectivity index (χ0n) is 19.7. The van der Waals surface area contributed by atoms with Gasteiger partial charge in [-0.25, -0.2) is 9.36 Å². The Balaban J connectivity index is 2.97. The van der Waals surface area contributed by atoms with Crippen LogP contribution >= 0.6 is 7.82 Å². The van der Waals surface area contributed by atoms with Crippen LogP contribution in [0.15, 0.2) is 60.8 Å². The standard InChI is InChI=1S/C23H31O11P/c1-17(24)31-15-8-6-4-5-7-10-20(32-18(2)25)16-21(34-35(28,29)30)23(3,27)14-13-19-11-9-12-22(26)33-19/h4-10,12-14,19-21,27H,11,15-16H2,1-3H3,(H2,28,29,30)/b5-4-,8-6+,10-7-,14-13+. The second-order valence-corrected chi connectivity index (χ2v) is 8.86. The highest BCUT2D eigenvalue weighted by molar-refractivity contribution is 7.46. The van der Waals surface area contributed by atoms with E-state index in [4.69, 9.17) is 18.7 Å². The van der Waals surface area contributed by atoms with E-state index in [0.29, 0.717) is 6.42 Å². The van der Waals surface area contributed by atoms with Crippen LogP contribution in [-0.2, 0) is 37.7 Å². The average molecular weight is 514 g/mol. The summed E-state index contributed by atoms with van der Waals surface area (Å²) in [6, 6.07) is 0. The van der Waals surface area contributed by atoms with E-state index in [1.165, 1.54) is 44.2 Å². The number of phosphoric ester groups is 1. The van der Waals surface area contributed by atoms with Gasteiger partial charge in [0.25, 0.3) is 0 Å². The lowest BCUT2D eigenvalue weighted by Crippen LogP contribution is -2.42. The molecular weight excluding hydrogens is 483 g/mol. The van der Waals surface area contributed by atoms with Crippen molar-refractivity contribution in [3.8, 4) is 0 Å². The van der Waals surface area contributed by atoms with E-state index < -0.39 is 49.6 Å². The molecule has 0 aromatic rings. The first kappa shape index (κ1) is 30.2. The number of hydrogen-bond donors (Lipinski definition) is 3. The summed E-state index contributed by atoms with van der Waals surface area (Å²) in [4.78, 5) is 52.3. The summed E-state index contributed by atoms with van der Waals surface area (Å²) in [6.45, 7) is 3.82. The number of carbonyl (C=O) groups is 3. The SMILES string of the molecule is CC(=O)OC/C=C/C=C\C=C/C(CC(OP(=O)(O)O)C(C)(O)/C=C/C1CC=CC(=O)O1)OC(C)=O. The summed E-state index contributed by atoms with van der Waals surface area (Å²) in [5, 5.41) is 10.9. The van der Waals surface area contributed by atoms with Crippen molar-refractivity contribution < 1.29 is 52.6 Å². The maximum Gasteiger partial charge on any atom is 0.469 e. The second kappa shape index (κ2) is 14.6. The van der Waals surface area contributed by atoms with E-state index in [1.807, 2.05) is 0 Å². The molecule has 0 aromatic carbocycles. The van der Waals surface area contributed by atoms with Crippen LogP contribution < -0.4 is 0 Å². The van der Waals surface area contributed by atoms with E-state index in [0.717, 1.165) is 6.92 Å². The molecule has 194 valence electrons. The third-order valence-corrected chi connectivity index (χ3v) is 4.93. The minimum Gasteiger partial charge on any atom is -0.462 e. The summed E-state index contributed by atoms with van der Waals surface area (Å²) in [5.74, 6) is -1.61. The largest absolute Gasteiger partial charge is 0.469 e. The van der Waals surface area contributed by atoms with Gasteiger partial charge in [0.05, 0.1) is 0 Å².